The largest absolute Gasteiger partial charge is 0.455 e. The van der Waals surface area contributed by atoms with Gasteiger partial charge in [0.1, 0.15) is 11.2 Å². The summed E-state index contributed by atoms with van der Waals surface area (Å²) < 4.78 is 85.0. The van der Waals surface area contributed by atoms with Crippen molar-refractivity contribution in [1.29, 1.82) is 0 Å². The lowest BCUT2D eigenvalue weighted by Crippen LogP contribution is -2.11. The van der Waals surface area contributed by atoms with Crippen LogP contribution < -0.4 is 4.90 Å². The topological polar surface area (TPSA) is 21.3 Å². The molecular weight excluding hydrogens is 669 g/mol. The molecule has 11 aromatic rings. The smallest absolute Gasteiger partial charge is 0.143 e. The van der Waals surface area contributed by atoms with Crippen molar-refractivity contribution in [2.75, 3.05) is 4.90 Å². The maximum Gasteiger partial charge on any atom is 0.143 e. The number of hydrogen-bond acceptors (Lipinski definition) is 2. The Balaban J connectivity index is 1.21. The van der Waals surface area contributed by atoms with E-state index in [1.165, 1.54) is 4.90 Å². The Kier molecular flexibility index (Phi) is 5.53. The summed E-state index contributed by atoms with van der Waals surface area (Å²) in [6.45, 7) is 0. The van der Waals surface area contributed by atoms with Gasteiger partial charge in [-0.3, -0.25) is 0 Å². The molecule has 9 aromatic carbocycles. The number of hydrogen-bond donors (Lipinski definition) is 0. The molecule has 2 aromatic heterocycles. The number of nitrogens with zero attached hydrogens (tertiary/aromatic N) is 2. The molecular formula is C52H34N2O. The van der Waals surface area contributed by atoms with Gasteiger partial charge >= 0.3 is 0 Å². The predicted molar refractivity (Wildman–Crippen MR) is 231 cm³/mol. The summed E-state index contributed by atoms with van der Waals surface area (Å²) in [5.74, 6) is 0. The van der Waals surface area contributed by atoms with Gasteiger partial charge in [-0.2, -0.15) is 0 Å². The SMILES string of the molecule is [2H]c1c([2H])c(N(c2ccccc2-c2ccc3ccc4c5ccccc5oc4c3c2)c2c([2H])c([2H])c(-n3c4ccccc4c4ccccc43)c([2H])c2[2H])c([2H])c([2H])c1-c1ccccc1. The fourth-order valence-electron chi connectivity index (χ4n) is 7.79. The summed E-state index contributed by atoms with van der Waals surface area (Å²) in [6, 6.07) is 46.2. The molecule has 0 saturated heterocycles. The van der Waals surface area contributed by atoms with Gasteiger partial charge in [0.05, 0.1) is 27.7 Å². The zero-order valence-corrected chi connectivity index (χ0v) is 29.3. The Bertz CT molecular complexity index is 3580. The standard InChI is InChI=1S/C52H34N2O/c1-2-12-35(13-3-1)36-24-27-39(28-25-36)53(40-29-31-41(32-30-40)54-49-19-9-5-15-43(49)44-16-6-10-20-50(44)54)48-18-8-4-14-42(48)38-23-22-37-26-33-46-45-17-7-11-21-51(45)55-52(46)47(37)34-38/h1-34H/i24D,25D,27D,28D,29D,30D,31D,32D. The van der Waals surface area contributed by atoms with E-state index in [-0.39, 0.29) is 46.8 Å². The molecule has 0 unspecified atom stereocenters. The molecule has 3 nitrogen and oxygen atoms in total. The van der Waals surface area contributed by atoms with Crippen LogP contribution in [0, 0.1) is 0 Å². The summed E-state index contributed by atoms with van der Waals surface area (Å²) in [7, 11) is 0. The van der Waals surface area contributed by atoms with Crippen LogP contribution >= 0.6 is 0 Å². The molecule has 0 bridgehead atoms. The number of benzene rings is 9. The average molecular weight is 711 g/mol. The van der Waals surface area contributed by atoms with Gasteiger partial charge in [0.2, 0.25) is 0 Å². The zero-order chi connectivity index (χ0) is 43.3. The van der Waals surface area contributed by atoms with Gasteiger partial charge in [0, 0.05) is 49.6 Å². The van der Waals surface area contributed by atoms with Crippen molar-refractivity contribution in [2.45, 2.75) is 0 Å². The number of fused-ring (bicyclic) bond motifs is 8. The van der Waals surface area contributed by atoms with Crippen molar-refractivity contribution in [2.24, 2.45) is 0 Å². The number of rotatable bonds is 6. The van der Waals surface area contributed by atoms with Crippen LogP contribution in [-0.4, -0.2) is 4.57 Å². The molecule has 2 heterocycles. The molecule has 55 heavy (non-hydrogen) atoms. The summed E-state index contributed by atoms with van der Waals surface area (Å²) in [6.07, 6.45) is 0. The molecule has 0 aliphatic heterocycles. The van der Waals surface area contributed by atoms with E-state index in [1.54, 1.807) is 41.0 Å². The Labute approximate surface area is 329 Å². The lowest BCUT2D eigenvalue weighted by molar-refractivity contribution is 0.672. The van der Waals surface area contributed by atoms with Crippen molar-refractivity contribution < 1.29 is 15.4 Å². The van der Waals surface area contributed by atoms with Crippen LogP contribution in [0.1, 0.15) is 11.0 Å². The first-order valence-electron chi connectivity index (χ1n) is 22.1. The van der Waals surface area contributed by atoms with Crippen molar-refractivity contribution >= 4 is 71.6 Å². The highest BCUT2D eigenvalue weighted by atomic mass is 16.3. The van der Waals surface area contributed by atoms with Crippen LogP contribution in [0.2, 0.25) is 0 Å². The van der Waals surface area contributed by atoms with Gasteiger partial charge < -0.3 is 13.9 Å². The van der Waals surface area contributed by atoms with Crippen LogP contribution in [0.25, 0.3) is 82.5 Å². The van der Waals surface area contributed by atoms with E-state index in [4.69, 9.17) is 4.42 Å². The van der Waals surface area contributed by atoms with E-state index in [9.17, 15) is 11.0 Å². The first-order valence-corrected chi connectivity index (χ1v) is 18.1. The van der Waals surface area contributed by atoms with E-state index in [2.05, 4.69) is 0 Å². The Hall–Kier alpha value is -7.36. The van der Waals surface area contributed by atoms with Crippen LogP contribution in [0.4, 0.5) is 17.1 Å². The molecule has 0 spiro atoms. The summed E-state index contributed by atoms with van der Waals surface area (Å²) in [5.41, 5.74) is 4.71. The predicted octanol–water partition coefficient (Wildman–Crippen LogP) is 14.6. The quantitative estimate of drug-likeness (QED) is 0.171. The third-order valence-electron chi connectivity index (χ3n) is 10.3. The van der Waals surface area contributed by atoms with E-state index >= 15 is 0 Å². The first-order chi connectivity index (χ1) is 30.6. The Morgan fingerprint density at radius 1 is 0.436 bits per heavy atom. The minimum Gasteiger partial charge on any atom is -0.455 e. The van der Waals surface area contributed by atoms with E-state index in [0.29, 0.717) is 39.0 Å². The Morgan fingerprint density at radius 2 is 1.04 bits per heavy atom. The lowest BCUT2D eigenvalue weighted by Gasteiger charge is -2.28. The van der Waals surface area contributed by atoms with E-state index < -0.39 is 24.2 Å². The normalized spacial score (nSPS) is 13.7. The highest BCUT2D eigenvalue weighted by molar-refractivity contribution is 6.16. The third kappa shape index (κ3) is 5.13. The molecule has 0 N–H and O–H groups in total. The number of para-hydroxylation sites is 4. The minimum absolute atomic E-state index is 0.0442. The summed E-state index contributed by atoms with van der Waals surface area (Å²) in [5, 5.41) is 5.51. The van der Waals surface area contributed by atoms with E-state index in [0.717, 1.165) is 37.9 Å². The fourth-order valence-corrected chi connectivity index (χ4v) is 7.79. The molecule has 0 saturated carbocycles. The molecule has 0 fully saturated rings. The van der Waals surface area contributed by atoms with Gasteiger partial charge in [0.15, 0.2) is 0 Å². The number of aromatic nitrogens is 1. The van der Waals surface area contributed by atoms with Gasteiger partial charge in [-0.15, -0.1) is 0 Å². The summed E-state index contributed by atoms with van der Waals surface area (Å²) >= 11 is 0. The minimum atomic E-state index is -0.422. The van der Waals surface area contributed by atoms with Gasteiger partial charge in [0.25, 0.3) is 0 Å². The fraction of sp³-hybridized carbons (Fsp3) is 0. The Morgan fingerprint density at radius 3 is 1.78 bits per heavy atom. The highest BCUT2D eigenvalue weighted by Crippen LogP contribution is 2.43. The van der Waals surface area contributed by atoms with Crippen molar-refractivity contribution in [3.63, 3.8) is 0 Å². The van der Waals surface area contributed by atoms with Crippen LogP contribution in [-0.2, 0) is 0 Å². The van der Waals surface area contributed by atoms with Crippen molar-refractivity contribution in [1.82, 2.24) is 4.57 Å². The zero-order valence-electron chi connectivity index (χ0n) is 37.3. The first kappa shape index (κ1) is 24.1. The summed E-state index contributed by atoms with van der Waals surface area (Å²) in [4.78, 5) is 1.38. The molecule has 258 valence electrons. The third-order valence-corrected chi connectivity index (χ3v) is 10.3. The second kappa shape index (κ2) is 12.6. The maximum atomic E-state index is 9.80. The molecule has 0 radical (unpaired) electrons. The molecule has 3 heteroatoms. The lowest BCUT2D eigenvalue weighted by atomic mass is 9.97. The second-order valence-electron chi connectivity index (χ2n) is 13.5. The molecule has 0 aliphatic rings. The number of furan rings is 1. The van der Waals surface area contributed by atoms with Crippen LogP contribution in [0.5, 0.6) is 0 Å². The average Bonchev–Trinajstić information content (AvgIpc) is 3.87. The van der Waals surface area contributed by atoms with Gasteiger partial charge in [-0.05, 0) is 94.7 Å². The van der Waals surface area contributed by atoms with Gasteiger partial charge in [-0.25, -0.2) is 0 Å². The number of anilines is 3. The monoisotopic (exact) mass is 710 g/mol. The molecule has 0 aliphatic carbocycles. The van der Waals surface area contributed by atoms with Crippen molar-refractivity contribution in [3.05, 3.63) is 206 Å². The van der Waals surface area contributed by atoms with Crippen LogP contribution in [0.3, 0.4) is 0 Å². The van der Waals surface area contributed by atoms with Gasteiger partial charge in [-0.1, -0.05) is 133 Å². The van der Waals surface area contributed by atoms with Crippen LogP contribution in [0.15, 0.2) is 210 Å². The van der Waals surface area contributed by atoms with E-state index in [1.807, 2.05) is 121 Å². The molecule has 0 amide bonds. The second-order valence-corrected chi connectivity index (χ2v) is 13.5. The molecule has 0 atom stereocenters. The maximum absolute atomic E-state index is 9.80. The van der Waals surface area contributed by atoms with Crippen molar-refractivity contribution in [3.8, 4) is 27.9 Å². The molecule has 11 rings (SSSR count). The highest BCUT2D eigenvalue weighted by Gasteiger charge is 2.19.